The van der Waals surface area contributed by atoms with Crippen LogP contribution < -0.4 is 0 Å². The lowest BCUT2D eigenvalue weighted by Crippen LogP contribution is -2.02. The van der Waals surface area contributed by atoms with E-state index in [1.807, 2.05) is 6.08 Å². The summed E-state index contributed by atoms with van der Waals surface area (Å²) in [5.41, 5.74) is 0. The average molecular weight is 222 g/mol. The molecule has 0 aromatic heterocycles. The van der Waals surface area contributed by atoms with Crippen LogP contribution in [-0.4, -0.2) is 18.4 Å². The molecule has 88 valence electrons. The highest BCUT2D eigenvalue weighted by molar-refractivity contribution is 5.89. The Bertz CT molecular complexity index is 290. The highest BCUT2D eigenvalue weighted by Crippen LogP contribution is 2.03. The number of rotatable bonds is 0. The lowest BCUT2D eigenvalue weighted by atomic mass is 10.1. The minimum Gasteiger partial charge on any atom is -0.463 e. The Morgan fingerprint density at radius 2 is 1.69 bits per heavy atom. The summed E-state index contributed by atoms with van der Waals surface area (Å²) in [7, 11) is 0. The van der Waals surface area contributed by atoms with E-state index in [4.69, 9.17) is 4.74 Å². The molecule has 0 spiro atoms. The van der Waals surface area contributed by atoms with Crippen molar-refractivity contribution in [2.75, 3.05) is 6.61 Å². The van der Waals surface area contributed by atoms with Crippen LogP contribution in [0.3, 0.4) is 0 Å². The summed E-state index contributed by atoms with van der Waals surface area (Å²) >= 11 is 0. The maximum atomic E-state index is 11.3. The molecular formula is C13H18O3. The lowest BCUT2D eigenvalue weighted by molar-refractivity contribution is -0.137. The van der Waals surface area contributed by atoms with Crippen LogP contribution in [0.1, 0.15) is 38.5 Å². The number of hydrogen-bond acceptors (Lipinski definition) is 3. The molecule has 0 saturated carbocycles. The van der Waals surface area contributed by atoms with Crippen molar-refractivity contribution in [1.82, 2.24) is 0 Å². The van der Waals surface area contributed by atoms with Crippen LogP contribution in [0.2, 0.25) is 0 Å². The average Bonchev–Trinajstić information content (AvgIpc) is 2.26. The van der Waals surface area contributed by atoms with E-state index >= 15 is 0 Å². The van der Waals surface area contributed by atoms with Gasteiger partial charge in [-0.15, -0.1) is 0 Å². The summed E-state index contributed by atoms with van der Waals surface area (Å²) in [6.45, 7) is 0.463. The molecule has 0 N–H and O–H groups in total. The number of ether oxygens (including phenoxy) is 1. The van der Waals surface area contributed by atoms with Gasteiger partial charge in [0.1, 0.15) is 0 Å². The van der Waals surface area contributed by atoms with Gasteiger partial charge in [0.2, 0.25) is 0 Å². The molecule has 3 nitrogen and oxygen atoms in total. The number of hydrogen-bond donors (Lipinski definition) is 0. The smallest absolute Gasteiger partial charge is 0.330 e. The predicted molar refractivity (Wildman–Crippen MR) is 61.9 cm³/mol. The molecular weight excluding hydrogens is 204 g/mol. The maximum absolute atomic E-state index is 11.3. The van der Waals surface area contributed by atoms with Gasteiger partial charge < -0.3 is 4.74 Å². The summed E-state index contributed by atoms with van der Waals surface area (Å²) in [6.07, 6.45) is 11.5. The first-order valence-electron chi connectivity index (χ1n) is 5.82. The van der Waals surface area contributed by atoms with Gasteiger partial charge in [-0.05, 0) is 38.2 Å². The summed E-state index contributed by atoms with van der Waals surface area (Å²) in [4.78, 5) is 22.4. The Morgan fingerprint density at radius 1 is 0.938 bits per heavy atom. The number of ketones is 1. The molecule has 0 aliphatic carbocycles. The molecule has 1 aliphatic heterocycles. The molecule has 0 atom stereocenters. The van der Waals surface area contributed by atoms with E-state index < -0.39 is 0 Å². The molecule has 16 heavy (non-hydrogen) atoms. The molecule has 0 aromatic carbocycles. The fourth-order valence-corrected chi connectivity index (χ4v) is 1.46. The highest BCUT2D eigenvalue weighted by Gasteiger charge is 1.99. The van der Waals surface area contributed by atoms with Crippen LogP contribution >= 0.6 is 0 Å². The van der Waals surface area contributed by atoms with E-state index in [1.165, 1.54) is 6.08 Å². The van der Waals surface area contributed by atoms with Gasteiger partial charge in [0.15, 0.2) is 5.78 Å². The van der Waals surface area contributed by atoms with Crippen molar-refractivity contribution in [3.63, 3.8) is 0 Å². The van der Waals surface area contributed by atoms with Crippen molar-refractivity contribution in [3.05, 3.63) is 24.3 Å². The topological polar surface area (TPSA) is 43.4 Å². The largest absolute Gasteiger partial charge is 0.463 e. The first-order chi connectivity index (χ1) is 7.79. The fourth-order valence-electron chi connectivity index (χ4n) is 1.46. The quantitative estimate of drug-likeness (QED) is 0.592. The Kier molecular flexibility index (Phi) is 6.23. The van der Waals surface area contributed by atoms with Gasteiger partial charge in [-0.2, -0.15) is 0 Å². The van der Waals surface area contributed by atoms with Crippen LogP contribution in [-0.2, 0) is 14.3 Å². The zero-order valence-corrected chi connectivity index (χ0v) is 9.48. The van der Waals surface area contributed by atoms with Gasteiger partial charge in [-0.1, -0.05) is 12.2 Å². The number of carbonyl (C=O) groups excluding carboxylic acids is 2. The van der Waals surface area contributed by atoms with Gasteiger partial charge in [0, 0.05) is 12.5 Å². The third-order valence-electron chi connectivity index (χ3n) is 2.36. The van der Waals surface area contributed by atoms with Crippen molar-refractivity contribution < 1.29 is 14.3 Å². The van der Waals surface area contributed by atoms with Gasteiger partial charge in [0.05, 0.1) is 6.61 Å². The molecule has 0 aromatic rings. The Balaban J connectivity index is 2.41. The first-order valence-corrected chi connectivity index (χ1v) is 5.82. The third kappa shape index (κ3) is 6.17. The molecule has 1 heterocycles. The molecule has 3 heteroatoms. The fraction of sp³-hybridized carbons (Fsp3) is 0.538. The zero-order valence-electron chi connectivity index (χ0n) is 9.48. The second-order valence-electron chi connectivity index (χ2n) is 3.83. The Labute approximate surface area is 96.2 Å². The van der Waals surface area contributed by atoms with Crippen LogP contribution in [0, 0.1) is 0 Å². The number of carbonyl (C=O) groups is 2. The predicted octanol–water partition coefficient (Wildman–Crippen LogP) is 2.57. The third-order valence-corrected chi connectivity index (χ3v) is 2.36. The summed E-state index contributed by atoms with van der Waals surface area (Å²) < 4.78 is 4.99. The van der Waals surface area contributed by atoms with E-state index in [9.17, 15) is 9.59 Å². The van der Waals surface area contributed by atoms with Gasteiger partial charge in [-0.3, -0.25) is 4.79 Å². The minimum atomic E-state index is -0.279. The van der Waals surface area contributed by atoms with Gasteiger partial charge >= 0.3 is 5.97 Å². The molecule has 0 unspecified atom stereocenters. The van der Waals surface area contributed by atoms with E-state index in [1.54, 1.807) is 12.2 Å². The molecule has 0 saturated heterocycles. The van der Waals surface area contributed by atoms with Crippen molar-refractivity contribution in [3.8, 4) is 0 Å². The zero-order chi connectivity index (χ0) is 11.6. The molecule has 0 fully saturated rings. The maximum Gasteiger partial charge on any atom is 0.330 e. The van der Waals surface area contributed by atoms with Crippen LogP contribution in [0.5, 0.6) is 0 Å². The van der Waals surface area contributed by atoms with Gasteiger partial charge in [0.25, 0.3) is 0 Å². The second kappa shape index (κ2) is 7.85. The summed E-state index contributed by atoms with van der Waals surface area (Å²) in [6, 6.07) is 0. The SMILES string of the molecule is O=C1/C=C/CCCCOC(=O)/C=C/CCC1. The molecule has 1 aliphatic rings. The van der Waals surface area contributed by atoms with Crippen molar-refractivity contribution in [2.24, 2.45) is 0 Å². The first kappa shape index (κ1) is 12.7. The molecule has 0 bridgehead atoms. The van der Waals surface area contributed by atoms with Crippen molar-refractivity contribution >= 4 is 11.8 Å². The number of cyclic esters (lactones) is 1. The normalized spacial score (nSPS) is 24.2. The standard InChI is InChI=1S/C13H18O3/c14-12-8-4-1-2-7-11-16-13(15)10-6-3-5-9-12/h4,6,8,10H,1-3,5,7,9,11H2/b8-4+,10-6+. The van der Waals surface area contributed by atoms with Crippen molar-refractivity contribution in [2.45, 2.75) is 38.5 Å². The van der Waals surface area contributed by atoms with Gasteiger partial charge in [-0.25, -0.2) is 4.79 Å². The van der Waals surface area contributed by atoms with E-state index in [-0.39, 0.29) is 11.8 Å². The Morgan fingerprint density at radius 3 is 2.56 bits per heavy atom. The van der Waals surface area contributed by atoms with E-state index in [2.05, 4.69) is 0 Å². The summed E-state index contributed by atoms with van der Waals surface area (Å²) in [5, 5.41) is 0. The van der Waals surface area contributed by atoms with Crippen LogP contribution in [0.15, 0.2) is 24.3 Å². The number of esters is 1. The number of allylic oxidation sites excluding steroid dienone is 3. The van der Waals surface area contributed by atoms with Crippen LogP contribution in [0.25, 0.3) is 0 Å². The van der Waals surface area contributed by atoms with E-state index in [0.29, 0.717) is 13.0 Å². The minimum absolute atomic E-state index is 0.174. The summed E-state index contributed by atoms with van der Waals surface area (Å²) in [5.74, 6) is -0.105. The highest BCUT2D eigenvalue weighted by atomic mass is 16.5. The lowest BCUT2D eigenvalue weighted by Gasteiger charge is -2.01. The Hall–Kier alpha value is -1.38. The van der Waals surface area contributed by atoms with Crippen LogP contribution in [0.4, 0.5) is 0 Å². The molecule has 0 amide bonds. The second-order valence-corrected chi connectivity index (χ2v) is 3.83. The molecule has 1 rings (SSSR count). The van der Waals surface area contributed by atoms with Crippen molar-refractivity contribution in [1.29, 1.82) is 0 Å². The molecule has 0 radical (unpaired) electrons. The monoisotopic (exact) mass is 222 g/mol. The van der Waals surface area contributed by atoms with E-state index in [0.717, 1.165) is 32.1 Å².